The van der Waals surface area contributed by atoms with E-state index in [1.165, 1.54) is 7.11 Å². The molecule has 1 atom stereocenters. The fraction of sp³-hybridized carbons (Fsp3) is 0.500. The van der Waals surface area contributed by atoms with Crippen LogP contribution in [0.1, 0.15) is 19.3 Å². The minimum atomic E-state index is -0.491. The maximum absolute atomic E-state index is 12.8. The van der Waals surface area contributed by atoms with E-state index in [-0.39, 0.29) is 42.5 Å². The number of amides is 3. The van der Waals surface area contributed by atoms with E-state index in [2.05, 4.69) is 10.1 Å². The van der Waals surface area contributed by atoms with Crippen molar-refractivity contribution in [2.75, 3.05) is 38.2 Å². The average Bonchev–Trinajstić information content (AvgIpc) is 3.13. The zero-order valence-corrected chi connectivity index (χ0v) is 15.9. The van der Waals surface area contributed by atoms with Gasteiger partial charge in [0.2, 0.25) is 17.7 Å². The monoisotopic (exact) mass is 387 g/mol. The summed E-state index contributed by atoms with van der Waals surface area (Å²) in [6, 6.07) is 9.35. The Kier molecular flexibility index (Phi) is 6.28. The number of benzene rings is 1. The van der Waals surface area contributed by atoms with Gasteiger partial charge in [0.15, 0.2) is 0 Å². The molecule has 0 aliphatic carbocycles. The van der Waals surface area contributed by atoms with Crippen molar-refractivity contribution in [1.29, 1.82) is 0 Å². The zero-order valence-electron chi connectivity index (χ0n) is 15.9. The lowest BCUT2D eigenvalue weighted by Crippen LogP contribution is -2.46. The summed E-state index contributed by atoms with van der Waals surface area (Å²) in [4.78, 5) is 51.8. The van der Waals surface area contributed by atoms with E-state index in [1.807, 2.05) is 30.3 Å². The average molecular weight is 387 g/mol. The summed E-state index contributed by atoms with van der Waals surface area (Å²) in [5.41, 5.74) is 0.809. The molecule has 3 rings (SSSR count). The number of rotatable bonds is 5. The van der Waals surface area contributed by atoms with Crippen LogP contribution in [0.5, 0.6) is 0 Å². The number of nitrogens with zero attached hydrogens (tertiary/aromatic N) is 2. The highest BCUT2D eigenvalue weighted by Crippen LogP contribution is 2.27. The zero-order chi connectivity index (χ0) is 20.1. The minimum Gasteiger partial charge on any atom is -0.468 e. The molecule has 2 aliphatic heterocycles. The molecule has 0 radical (unpaired) electrons. The first kappa shape index (κ1) is 19.9. The first-order chi connectivity index (χ1) is 13.5. The van der Waals surface area contributed by atoms with E-state index in [0.29, 0.717) is 32.5 Å². The van der Waals surface area contributed by atoms with Gasteiger partial charge in [0.05, 0.1) is 13.0 Å². The van der Waals surface area contributed by atoms with Crippen molar-refractivity contribution in [3.05, 3.63) is 30.3 Å². The molecule has 0 aromatic heterocycles. The third kappa shape index (κ3) is 4.49. The molecule has 0 bridgehead atoms. The summed E-state index contributed by atoms with van der Waals surface area (Å²) >= 11 is 0. The maximum Gasteiger partial charge on any atom is 0.325 e. The van der Waals surface area contributed by atoms with Gasteiger partial charge in [0, 0.05) is 37.7 Å². The van der Waals surface area contributed by atoms with Crippen molar-refractivity contribution < 1.29 is 23.9 Å². The predicted molar refractivity (Wildman–Crippen MR) is 101 cm³/mol. The van der Waals surface area contributed by atoms with Gasteiger partial charge in [-0.05, 0) is 25.0 Å². The van der Waals surface area contributed by atoms with Gasteiger partial charge in [0.25, 0.3) is 0 Å². The van der Waals surface area contributed by atoms with Gasteiger partial charge in [0.1, 0.15) is 6.54 Å². The standard InChI is InChI=1S/C20H25N3O5/c1-28-18(25)12-21-19(26)14-7-9-22(10-8-14)20(27)15-11-17(24)23(13-15)16-5-3-2-4-6-16/h2-6,14-15H,7-13H2,1H3,(H,21,26). The minimum absolute atomic E-state index is 0.0276. The number of hydrogen-bond acceptors (Lipinski definition) is 5. The number of ether oxygens (including phenoxy) is 1. The molecule has 2 fully saturated rings. The van der Waals surface area contributed by atoms with Crippen LogP contribution in [0.2, 0.25) is 0 Å². The Morgan fingerprint density at radius 3 is 2.43 bits per heavy atom. The Morgan fingerprint density at radius 1 is 1.11 bits per heavy atom. The molecule has 2 aliphatic rings. The van der Waals surface area contributed by atoms with E-state index in [9.17, 15) is 19.2 Å². The van der Waals surface area contributed by atoms with Crippen molar-refractivity contribution in [1.82, 2.24) is 10.2 Å². The molecule has 0 spiro atoms. The van der Waals surface area contributed by atoms with Gasteiger partial charge >= 0.3 is 5.97 Å². The van der Waals surface area contributed by atoms with Crippen LogP contribution in [-0.4, -0.2) is 61.9 Å². The van der Waals surface area contributed by atoms with Gasteiger partial charge in [-0.15, -0.1) is 0 Å². The van der Waals surface area contributed by atoms with Crippen molar-refractivity contribution in [3.8, 4) is 0 Å². The largest absolute Gasteiger partial charge is 0.468 e. The van der Waals surface area contributed by atoms with E-state index >= 15 is 0 Å². The molecular formula is C20H25N3O5. The lowest BCUT2D eigenvalue weighted by molar-refractivity contribution is -0.142. The number of likely N-dealkylation sites (tertiary alicyclic amines) is 1. The third-order valence-corrected chi connectivity index (χ3v) is 5.35. The Bertz CT molecular complexity index is 743. The molecule has 3 amide bonds. The van der Waals surface area contributed by atoms with Crippen LogP contribution in [-0.2, 0) is 23.9 Å². The number of carbonyl (C=O) groups is 4. The summed E-state index contributed by atoms with van der Waals surface area (Å²) in [5.74, 6) is -1.32. The molecular weight excluding hydrogens is 362 g/mol. The molecule has 1 N–H and O–H groups in total. The van der Waals surface area contributed by atoms with Crippen LogP contribution in [0.4, 0.5) is 5.69 Å². The highest BCUT2D eigenvalue weighted by atomic mass is 16.5. The van der Waals surface area contributed by atoms with Crippen LogP contribution < -0.4 is 10.2 Å². The fourth-order valence-corrected chi connectivity index (χ4v) is 3.73. The Labute approximate surface area is 163 Å². The topological polar surface area (TPSA) is 96.0 Å². The number of anilines is 1. The number of nitrogens with one attached hydrogen (secondary N) is 1. The molecule has 8 nitrogen and oxygen atoms in total. The molecule has 28 heavy (non-hydrogen) atoms. The van der Waals surface area contributed by atoms with Gasteiger partial charge in [-0.25, -0.2) is 0 Å². The Balaban J connectivity index is 1.50. The molecule has 1 aromatic rings. The molecule has 0 saturated carbocycles. The molecule has 2 saturated heterocycles. The summed E-state index contributed by atoms with van der Waals surface area (Å²) < 4.78 is 4.50. The van der Waals surface area contributed by atoms with Crippen molar-refractivity contribution >= 4 is 29.4 Å². The van der Waals surface area contributed by atoms with Crippen molar-refractivity contribution in [3.63, 3.8) is 0 Å². The van der Waals surface area contributed by atoms with Crippen molar-refractivity contribution in [2.45, 2.75) is 19.3 Å². The van der Waals surface area contributed by atoms with E-state index in [4.69, 9.17) is 0 Å². The SMILES string of the molecule is COC(=O)CNC(=O)C1CCN(C(=O)C2CC(=O)N(c3ccccc3)C2)CC1. The van der Waals surface area contributed by atoms with Crippen LogP contribution >= 0.6 is 0 Å². The molecule has 1 unspecified atom stereocenters. The summed E-state index contributed by atoms with van der Waals surface area (Å²) in [6.07, 6.45) is 1.30. The van der Waals surface area contributed by atoms with Crippen LogP contribution in [0.15, 0.2) is 30.3 Å². The third-order valence-electron chi connectivity index (χ3n) is 5.35. The quantitative estimate of drug-likeness (QED) is 0.745. The van der Waals surface area contributed by atoms with E-state index in [0.717, 1.165) is 5.69 Å². The van der Waals surface area contributed by atoms with Gasteiger partial charge in [-0.1, -0.05) is 18.2 Å². The highest BCUT2D eigenvalue weighted by Gasteiger charge is 2.38. The number of methoxy groups -OCH3 is 1. The second-order valence-electron chi connectivity index (χ2n) is 7.13. The number of piperidine rings is 1. The summed E-state index contributed by atoms with van der Waals surface area (Å²) in [5, 5.41) is 2.56. The maximum atomic E-state index is 12.8. The molecule has 1 aromatic carbocycles. The van der Waals surface area contributed by atoms with Crippen LogP contribution in [0.3, 0.4) is 0 Å². The Hall–Kier alpha value is -2.90. The van der Waals surface area contributed by atoms with Gasteiger partial charge in [-0.2, -0.15) is 0 Å². The number of esters is 1. The second kappa shape index (κ2) is 8.86. The Morgan fingerprint density at radius 2 is 1.79 bits per heavy atom. The van der Waals surface area contributed by atoms with Gasteiger partial charge in [-0.3, -0.25) is 19.2 Å². The summed E-state index contributed by atoms with van der Waals surface area (Å²) in [6.45, 7) is 1.20. The molecule has 150 valence electrons. The first-order valence-electron chi connectivity index (χ1n) is 9.48. The summed E-state index contributed by atoms with van der Waals surface area (Å²) in [7, 11) is 1.27. The number of carbonyl (C=O) groups excluding carboxylic acids is 4. The van der Waals surface area contributed by atoms with Gasteiger partial charge < -0.3 is 19.9 Å². The highest BCUT2D eigenvalue weighted by molar-refractivity contribution is 6.00. The lowest BCUT2D eigenvalue weighted by atomic mass is 9.94. The van der Waals surface area contributed by atoms with Crippen molar-refractivity contribution in [2.24, 2.45) is 11.8 Å². The smallest absolute Gasteiger partial charge is 0.325 e. The lowest BCUT2D eigenvalue weighted by Gasteiger charge is -2.32. The van der Waals surface area contributed by atoms with Crippen LogP contribution in [0, 0.1) is 11.8 Å². The van der Waals surface area contributed by atoms with E-state index in [1.54, 1.807) is 9.80 Å². The van der Waals surface area contributed by atoms with Crippen LogP contribution in [0.25, 0.3) is 0 Å². The number of hydrogen-bond donors (Lipinski definition) is 1. The fourth-order valence-electron chi connectivity index (χ4n) is 3.73. The predicted octanol–water partition coefficient (Wildman–Crippen LogP) is 0.567. The molecule has 8 heteroatoms. The molecule has 2 heterocycles. The van der Waals surface area contributed by atoms with E-state index < -0.39 is 5.97 Å². The normalized spacial score (nSPS) is 20.2. The second-order valence-corrected chi connectivity index (χ2v) is 7.13. The number of para-hydroxylation sites is 1. The first-order valence-corrected chi connectivity index (χ1v) is 9.48.